The molecule has 0 N–H and O–H groups in total. The first-order valence-electron chi connectivity index (χ1n) is 7.37. The quantitative estimate of drug-likeness (QED) is 0.633. The van der Waals surface area contributed by atoms with Gasteiger partial charge in [0.15, 0.2) is 0 Å². The Morgan fingerprint density at radius 3 is 2.67 bits per heavy atom. The van der Waals surface area contributed by atoms with Crippen molar-refractivity contribution in [3.63, 3.8) is 0 Å². The van der Waals surface area contributed by atoms with Gasteiger partial charge in [0.25, 0.3) is 0 Å². The summed E-state index contributed by atoms with van der Waals surface area (Å²) in [7, 11) is 0. The van der Waals surface area contributed by atoms with Gasteiger partial charge in [-0.3, -0.25) is 0 Å². The molecule has 0 aliphatic carbocycles. The predicted molar refractivity (Wildman–Crippen MR) is 87.8 cm³/mol. The maximum atomic E-state index is 5.91. The summed E-state index contributed by atoms with van der Waals surface area (Å²) in [5, 5.41) is 1.35. The van der Waals surface area contributed by atoms with E-state index in [2.05, 4.69) is 48.7 Å². The fourth-order valence-corrected chi connectivity index (χ4v) is 3.59. The van der Waals surface area contributed by atoms with Crippen LogP contribution in [-0.4, -0.2) is 0 Å². The van der Waals surface area contributed by atoms with E-state index in [-0.39, 0.29) is 0 Å². The topological polar surface area (TPSA) is 13.1 Å². The van der Waals surface area contributed by atoms with Gasteiger partial charge in [-0.15, -0.1) is 0 Å². The maximum Gasteiger partial charge on any atom is 0.235 e. The van der Waals surface area contributed by atoms with Crippen molar-refractivity contribution in [2.75, 3.05) is 0 Å². The molecule has 0 atom stereocenters. The molecule has 0 saturated heterocycles. The second-order valence-electron chi connectivity index (χ2n) is 5.18. The second-order valence-corrected chi connectivity index (χ2v) is 6.41. The normalized spacial score (nSPS) is 11.0. The van der Waals surface area contributed by atoms with Crippen LogP contribution in [0.4, 0.5) is 0 Å². The van der Waals surface area contributed by atoms with Gasteiger partial charge in [-0.25, -0.2) is 0 Å². The molecule has 0 bridgehead atoms. The zero-order valence-electron chi connectivity index (χ0n) is 12.5. The van der Waals surface area contributed by atoms with Crippen molar-refractivity contribution in [1.82, 2.24) is 0 Å². The Hall–Kier alpha value is -1.87. The van der Waals surface area contributed by atoms with Gasteiger partial charge in [0.1, 0.15) is 23.6 Å². The van der Waals surface area contributed by atoms with E-state index in [1.165, 1.54) is 20.8 Å². The van der Waals surface area contributed by atoms with Gasteiger partial charge in [-0.05, 0) is 11.6 Å². The monoisotopic (exact) mass is 298 g/mol. The van der Waals surface area contributed by atoms with Crippen LogP contribution in [0, 0.1) is 6.92 Å². The first kappa shape index (κ1) is 14.1. The van der Waals surface area contributed by atoms with Gasteiger partial charge in [-0.2, -0.15) is 4.57 Å². The lowest BCUT2D eigenvalue weighted by atomic mass is 10.2. The number of fused-ring (bicyclic) bond motifs is 1. The van der Waals surface area contributed by atoms with E-state index in [0.717, 1.165) is 18.7 Å². The van der Waals surface area contributed by atoms with Crippen molar-refractivity contribution in [2.45, 2.75) is 33.4 Å². The Morgan fingerprint density at radius 1 is 1.10 bits per heavy atom. The number of rotatable bonds is 5. The van der Waals surface area contributed by atoms with Gasteiger partial charge in [-0.1, -0.05) is 48.6 Å². The molecule has 3 rings (SSSR count). The number of nitrogens with zero attached hydrogens (tertiary/aromatic N) is 1. The van der Waals surface area contributed by atoms with Crippen LogP contribution in [-0.2, 0) is 13.2 Å². The molecule has 3 heteroatoms. The van der Waals surface area contributed by atoms with E-state index < -0.39 is 0 Å². The number of thiazole rings is 1. The van der Waals surface area contributed by atoms with Crippen molar-refractivity contribution in [2.24, 2.45) is 0 Å². The van der Waals surface area contributed by atoms with Crippen molar-refractivity contribution in [1.29, 1.82) is 0 Å². The van der Waals surface area contributed by atoms with E-state index >= 15 is 0 Å². The second kappa shape index (κ2) is 6.27. The van der Waals surface area contributed by atoms with Crippen LogP contribution in [0.15, 0.2) is 48.5 Å². The molecule has 0 fully saturated rings. The fourth-order valence-electron chi connectivity index (χ4n) is 2.52. The van der Waals surface area contributed by atoms with Crippen LogP contribution in [0.5, 0.6) is 5.75 Å². The van der Waals surface area contributed by atoms with Crippen LogP contribution in [0.2, 0.25) is 0 Å². The zero-order valence-corrected chi connectivity index (χ0v) is 13.3. The lowest BCUT2D eigenvalue weighted by molar-refractivity contribution is -0.672. The average Bonchev–Trinajstić information content (AvgIpc) is 2.82. The van der Waals surface area contributed by atoms with Crippen LogP contribution < -0.4 is 9.30 Å². The summed E-state index contributed by atoms with van der Waals surface area (Å²) in [5.41, 5.74) is 2.51. The van der Waals surface area contributed by atoms with Crippen molar-refractivity contribution < 1.29 is 9.30 Å². The Labute approximate surface area is 129 Å². The third-order valence-electron chi connectivity index (χ3n) is 3.56. The Kier molecular flexibility index (Phi) is 4.20. The van der Waals surface area contributed by atoms with Crippen LogP contribution in [0.1, 0.15) is 23.9 Å². The number of hydrogen-bond donors (Lipinski definition) is 0. The largest absolute Gasteiger partial charge is 0.489 e. The Morgan fingerprint density at radius 2 is 1.90 bits per heavy atom. The molecule has 2 nitrogen and oxygen atoms in total. The third kappa shape index (κ3) is 3.08. The van der Waals surface area contributed by atoms with Crippen LogP contribution in [0.25, 0.3) is 10.2 Å². The summed E-state index contributed by atoms with van der Waals surface area (Å²) in [5.74, 6) is 0.941. The van der Waals surface area contributed by atoms with Crippen molar-refractivity contribution >= 4 is 21.6 Å². The maximum absolute atomic E-state index is 5.91. The summed E-state index contributed by atoms with van der Waals surface area (Å²) < 4.78 is 9.59. The number of aryl methyl sites for hydroxylation is 2. The number of benzene rings is 2. The highest BCUT2D eigenvalue weighted by molar-refractivity contribution is 7.18. The standard InChI is InChI=1S/C18H20NOS/c1-3-11-19-14(2)21-18-12-16(9-10-17(18)19)20-13-15-7-5-4-6-8-15/h4-10,12H,3,11,13H2,1-2H3/q+1. The van der Waals surface area contributed by atoms with Gasteiger partial charge < -0.3 is 4.74 Å². The summed E-state index contributed by atoms with van der Waals surface area (Å²) in [6, 6.07) is 16.7. The number of aromatic nitrogens is 1. The van der Waals surface area contributed by atoms with E-state index in [1.807, 2.05) is 29.5 Å². The molecule has 108 valence electrons. The van der Waals surface area contributed by atoms with Crippen molar-refractivity contribution in [3.8, 4) is 5.75 Å². The Balaban J connectivity index is 1.81. The van der Waals surface area contributed by atoms with Crippen molar-refractivity contribution in [3.05, 3.63) is 59.1 Å². The van der Waals surface area contributed by atoms with E-state index in [1.54, 1.807) is 0 Å². The smallest absolute Gasteiger partial charge is 0.235 e. The minimum Gasteiger partial charge on any atom is -0.489 e. The molecule has 1 aromatic heterocycles. The van der Waals surface area contributed by atoms with Gasteiger partial charge in [0, 0.05) is 25.5 Å². The molecule has 0 aliphatic heterocycles. The molecule has 0 aliphatic rings. The summed E-state index contributed by atoms with van der Waals surface area (Å²) in [6.45, 7) is 6.10. The molecule has 0 radical (unpaired) electrons. The highest BCUT2D eigenvalue weighted by atomic mass is 32.1. The number of hydrogen-bond acceptors (Lipinski definition) is 2. The van der Waals surface area contributed by atoms with Gasteiger partial charge >= 0.3 is 0 Å². The summed E-state index contributed by atoms with van der Waals surface area (Å²) >= 11 is 1.84. The molecule has 0 amide bonds. The van der Waals surface area contributed by atoms with E-state index in [9.17, 15) is 0 Å². The highest BCUT2D eigenvalue weighted by Gasteiger charge is 2.16. The molecule has 3 aromatic rings. The average molecular weight is 298 g/mol. The molecule has 21 heavy (non-hydrogen) atoms. The highest BCUT2D eigenvalue weighted by Crippen LogP contribution is 2.25. The third-order valence-corrected chi connectivity index (χ3v) is 4.62. The van der Waals surface area contributed by atoms with Gasteiger partial charge in [0.05, 0.1) is 0 Å². The molecular weight excluding hydrogens is 278 g/mol. The lowest BCUT2D eigenvalue weighted by Gasteiger charge is -2.05. The molecule has 0 saturated carbocycles. The molecule has 2 aromatic carbocycles. The molecule has 1 heterocycles. The summed E-state index contributed by atoms with van der Waals surface area (Å²) in [6.07, 6.45) is 1.16. The molecule has 0 spiro atoms. The van der Waals surface area contributed by atoms with Gasteiger partial charge in [0.2, 0.25) is 10.5 Å². The number of ether oxygens (including phenoxy) is 1. The summed E-state index contributed by atoms with van der Waals surface area (Å²) in [4.78, 5) is 0. The fraction of sp³-hybridized carbons (Fsp3) is 0.278. The lowest BCUT2D eigenvalue weighted by Crippen LogP contribution is -2.34. The SMILES string of the molecule is CCC[n+]1c(C)sc2cc(OCc3ccccc3)ccc21. The molecule has 0 unspecified atom stereocenters. The van der Waals surface area contributed by atoms with Crippen LogP contribution in [0.3, 0.4) is 0 Å². The van der Waals surface area contributed by atoms with Crippen LogP contribution >= 0.6 is 11.3 Å². The Bertz CT molecular complexity index is 734. The minimum atomic E-state index is 0.617. The first-order valence-corrected chi connectivity index (χ1v) is 8.19. The first-order chi connectivity index (χ1) is 10.3. The van der Waals surface area contributed by atoms with E-state index in [4.69, 9.17) is 4.74 Å². The molecular formula is C18H20NOS+. The minimum absolute atomic E-state index is 0.617. The predicted octanol–water partition coefficient (Wildman–Crippen LogP) is 4.49. The van der Waals surface area contributed by atoms with E-state index in [0.29, 0.717) is 6.61 Å². The zero-order chi connectivity index (χ0) is 14.7.